The third-order valence-corrected chi connectivity index (χ3v) is 5.50. The first-order valence-electron chi connectivity index (χ1n) is 8.43. The van der Waals surface area contributed by atoms with Gasteiger partial charge in [-0.1, -0.05) is 23.5 Å². The van der Waals surface area contributed by atoms with E-state index < -0.39 is 0 Å². The van der Waals surface area contributed by atoms with E-state index in [0.29, 0.717) is 12.4 Å². The van der Waals surface area contributed by atoms with Crippen molar-refractivity contribution in [2.45, 2.75) is 19.4 Å². The van der Waals surface area contributed by atoms with Gasteiger partial charge < -0.3 is 13.9 Å². The topological polar surface area (TPSA) is 60.0 Å². The summed E-state index contributed by atoms with van der Waals surface area (Å²) in [5, 5.41) is 1.09. The maximum atomic E-state index is 5.84. The average Bonchev–Trinajstić information content (AvgIpc) is 3.40. The molecule has 0 saturated carbocycles. The number of rotatable bonds is 4. The number of fused-ring (bicyclic) bond motifs is 1. The van der Waals surface area contributed by atoms with Crippen LogP contribution >= 0.6 is 11.3 Å². The Morgan fingerprint density at radius 2 is 2.00 bits per heavy atom. The van der Waals surface area contributed by atoms with E-state index in [0.717, 1.165) is 40.0 Å². The van der Waals surface area contributed by atoms with Crippen LogP contribution in [0.25, 0.3) is 21.8 Å². The molecule has 0 aliphatic carbocycles. The molecule has 126 valence electrons. The second-order valence-electron chi connectivity index (χ2n) is 6.16. The Morgan fingerprint density at radius 3 is 2.88 bits per heavy atom. The molecule has 4 aromatic rings. The van der Waals surface area contributed by atoms with Crippen molar-refractivity contribution in [3.05, 3.63) is 48.7 Å². The summed E-state index contributed by atoms with van der Waals surface area (Å²) in [6.45, 7) is 2.76. The van der Waals surface area contributed by atoms with Gasteiger partial charge in [0.15, 0.2) is 16.5 Å². The Balaban J connectivity index is 1.43. The second kappa shape index (κ2) is 6.00. The number of nitrogens with zero attached hydrogens (tertiary/aromatic N) is 5. The van der Waals surface area contributed by atoms with Crippen LogP contribution in [0.3, 0.4) is 0 Å². The fourth-order valence-corrected chi connectivity index (χ4v) is 4.20. The quantitative estimate of drug-likeness (QED) is 0.560. The van der Waals surface area contributed by atoms with E-state index in [2.05, 4.69) is 24.4 Å². The molecule has 7 heteroatoms. The monoisotopic (exact) mass is 351 g/mol. The predicted molar refractivity (Wildman–Crippen MR) is 97.9 cm³/mol. The van der Waals surface area contributed by atoms with Crippen molar-refractivity contribution in [3.8, 4) is 10.7 Å². The van der Waals surface area contributed by atoms with Crippen LogP contribution in [0.2, 0.25) is 0 Å². The fraction of sp³-hybridized carbons (Fsp3) is 0.278. The average molecular weight is 351 g/mol. The number of aromatic nitrogens is 4. The highest BCUT2D eigenvalue weighted by atomic mass is 32.1. The lowest BCUT2D eigenvalue weighted by atomic mass is 10.3. The Bertz CT molecular complexity index is 978. The van der Waals surface area contributed by atoms with Gasteiger partial charge in [-0.05, 0) is 25.0 Å². The zero-order valence-corrected chi connectivity index (χ0v) is 14.4. The van der Waals surface area contributed by atoms with Gasteiger partial charge >= 0.3 is 0 Å². The van der Waals surface area contributed by atoms with Crippen LogP contribution < -0.4 is 4.90 Å². The van der Waals surface area contributed by atoms with E-state index in [4.69, 9.17) is 4.42 Å². The number of anilines is 1. The van der Waals surface area contributed by atoms with E-state index in [1.165, 1.54) is 12.8 Å². The van der Waals surface area contributed by atoms with Gasteiger partial charge in [0.25, 0.3) is 0 Å². The van der Waals surface area contributed by atoms with Crippen LogP contribution in [0.5, 0.6) is 0 Å². The zero-order valence-electron chi connectivity index (χ0n) is 13.6. The van der Waals surface area contributed by atoms with Gasteiger partial charge in [-0.25, -0.2) is 15.0 Å². The molecule has 1 aromatic carbocycles. The van der Waals surface area contributed by atoms with Gasteiger partial charge in [-0.3, -0.25) is 0 Å². The maximum Gasteiger partial charge on any atom is 0.215 e. The second-order valence-corrected chi connectivity index (χ2v) is 7.16. The van der Waals surface area contributed by atoms with Crippen LogP contribution in [0.1, 0.15) is 18.7 Å². The molecule has 0 atom stereocenters. The summed E-state index contributed by atoms with van der Waals surface area (Å²) in [6, 6.07) is 7.82. The zero-order chi connectivity index (χ0) is 16.6. The first kappa shape index (κ1) is 14.7. The highest BCUT2D eigenvalue weighted by molar-refractivity contribution is 7.18. The largest absolute Gasteiger partial charge is 0.439 e. The number of para-hydroxylation sites is 2. The van der Waals surface area contributed by atoms with Crippen molar-refractivity contribution in [2.75, 3.05) is 18.0 Å². The van der Waals surface area contributed by atoms with Gasteiger partial charge in [-0.15, -0.1) is 0 Å². The first-order valence-corrected chi connectivity index (χ1v) is 9.25. The lowest BCUT2D eigenvalue weighted by Gasteiger charge is -2.12. The molecule has 0 spiro atoms. The summed E-state index contributed by atoms with van der Waals surface area (Å²) < 4.78 is 7.90. The highest BCUT2D eigenvalue weighted by Crippen LogP contribution is 2.32. The van der Waals surface area contributed by atoms with Crippen LogP contribution in [0.15, 0.2) is 47.3 Å². The Kier molecular flexibility index (Phi) is 3.52. The molecule has 5 rings (SSSR count). The van der Waals surface area contributed by atoms with Crippen molar-refractivity contribution >= 4 is 27.6 Å². The third kappa shape index (κ3) is 2.70. The molecular weight excluding hydrogens is 334 g/mol. The minimum Gasteiger partial charge on any atom is -0.439 e. The lowest BCUT2D eigenvalue weighted by Crippen LogP contribution is -2.16. The smallest absolute Gasteiger partial charge is 0.215 e. The molecule has 1 fully saturated rings. The van der Waals surface area contributed by atoms with E-state index in [1.807, 2.05) is 42.9 Å². The molecule has 0 amide bonds. The number of thiazole rings is 1. The summed E-state index contributed by atoms with van der Waals surface area (Å²) in [5.74, 6) is 1.59. The Labute approximate surface area is 148 Å². The highest BCUT2D eigenvalue weighted by Gasteiger charge is 2.18. The van der Waals surface area contributed by atoms with Gasteiger partial charge in [0.1, 0.15) is 12.1 Å². The summed E-state index contributed by atoms with van der Waals surface area (Å²) >= 11 is 1.70. The number of hydrogen-bond acceptors (Lipinski definition) is 6. The van der Waals surface area contributed by atoms with Crippen LogP contribution in [0, 0.1) is 0 Å². The van der Waals surface area contributed by atoms with E-state index in [9.17, 15) is 0 Å². The van der Waals surface area contributed by atoms with Crippen molar-refractivity contribution in [1.29, 1.82) is 0 Å². The van der Waals surface area contributed by atoms with Crippen LogP contribution in [0.4, 0.5) is 5.13 Å². The normalized spacial score (nSPS) is 14.6. The molecule has 6 nitrogen and oxygen atoms in total. The molecule has 0 N–H and O–H groups in total. The van der Waals surface area contributed by atoms with Crippen molar-refractivity contribution in [1.82, 2.24) is 19.5 Å². The Hall–Kier alpha value is -2.67. The molecular formula is C18H17N5OS. The van der Waals surface area contributed by atoms with Gasteiger partial charge in [-0.2, -0.15) is 0 Å². The van der Waals surface area contributed by atoms with E-state index in [-0.39, 0.29) is 0 Å². The summed E-state index contributed by atoms with van der Waals surface area (Å²) in [5.41, 5.74) is 1.70. The van der Waals surface area contributed by atoms with Crippen molar-refractivity contribution in [2.24, 2.45) is 0 Å². The van der Waals surface area contributed by atoms with Crippen molar-refractivity contribution < 1.29 is 4.42 Å². The molecule has 1 aliphatic rings. The SMILES string of the molecule is c1ccc2oc(Cn3ccnc3-c3cnc(N4CCCC4)s3)nc2c1. The molecule has 0 radical (unpaired) electrons. The molecule has 1 saturated heterocycles. The molecule has 1 aliphatic heterocycles. The fourth-order valence-electron chi connectivity index (χ4n) is 3.22. The molecule has 0 unspecified atom stereocenters. The van der Waals surface area contributed by atoms with Gasteiger partial charge in [0.2, 0.25) is 5.89 Å². The number of imidazole rings is 1. The molecule has 3 aromatic heterocycles. The molecule has 0 bridgehead atoms. The summed E-state index contributed by atoms with van der Waals surface area (Å²) in [7, 11) is 0. The first-order chi connectivity index (χ1) is 12.4. The van der Waals surface area contributed by atoms with E-state index in [1.54, 1.807) is 11.3 Å². The predicted octanol–water partition coefficient (Wildman–Crippen LogP) is 3.80. The van der Waals surface area contributed by atoms with Gasteiger partial charge in [0, 0.05) is 25.5 Å². The summed E-state index contributed by atoms with van der Waals surface area (Å²) in [6.07, 6.45) is 8.19. The minimum atomic E-state index is 0.557. The maximum absolute atomic E-state index is 5.84. The molecule has 4 heterocycles. The third-order valence-electron chi connectivity index (χ3n) is 4.45. The van der Waals surface area contributed by atoms with E-state index >= 15 is 0 Å². The number of benzene rings is 1. The minimum absolute atomic E-state index is 0.557. The van der Waals surface area contributed by atoms with Crippen LogP contribution in [-0.4, -0.2) is 32.6 Å². The van der Waals surface area contributed by atoms with Crippen LogP contribution in [-0.2, 0) is 6.54 Å². The number of hydrogen-bond donors (Lipinski definition) is 0. The lowest BCUT2D eigenvalue weighted by molar-refractivity contribution is 0.510. The standard InChI is InChI=1S/C18H17N5OS/c1-2-6-14-13(5-1)21-16(24-14)12-23-10-7-19-17(23)15-11-20-18(25-15)22-8-3-4-9-22/h1-2,5-7,10-11H,3-4,8-9,12H2. The molecule has 25 heavy (non-hydrogen) atoms. The summed E-state index contributed by atoms with van der Waals surface area (Å²) in [4.78, 5) is 17.1. The van der Waals surface area contributed by atoms with Crippen molar-refractivity contribution in [3.63, 3.8) is 0 Å². The number of oxazole rings is 1. The van der Waals surface area contributed by atoms with Gasteiger partial charge in [0.05, 0.1) is 11.1 Å². The Morgan fingerprint density at radius 1 is 1.12 bits per heavy atom.